The van der Waals surface area contributed by atoms with Crippen LogP contribution in [0.2, 0.25) is 0 Å². The first-order chi connectivity index (χ1) is 38.9. The molecule has 79 heavy (non-hydrogen) atoms. The quantitative estimate of drug-likeness (QED) is 0.167. The molecule has 0 fully saturated rings. The summed E-state index contributed by atoms with van der Waals surface area (Å²) < 4.78 is 7.53. The molecule has 1 aliphatic heterocycles. The fourth-order valence-corrected chi connectivity index (χ4v) is 15.2. The van der Waals surface area contributed by atoms with Crippen molar-refractivity contribution in [1.29, 1.82) is 0 Å². The van der Waals surface area contributed by atoms with Crippen LogP contribution in [0.1, 0.15) is 47.2 Å². The van der Waals surface area contributed by atoms with Crippen LogP contribution in [0.15, 0.2) is 261 Å². The lowest BCUT2D eigenvalue weighted by molar-refractivity contribution is 0.630. The number of hydrogen-bond donors (Lipinski definition) is 0. The first-order valence-electron chi connectivity index (χ1n) is 27.7. The summed E-state index contributed by atoms with van der Waals surface area (Å²) in [6.45, 7) is 4.75. The van der Waals surface area contributed by atoms with Crippen molar-refractivity contribution >= 4 is 65.4 Å². The SMILES string of the molecule is CC1(C)c2ccccc2-n2c3ccc(-c4ccc5c(c4)c4cc6c(cc4n5-c4ccc5c(c4)c4ccccc4n5-c4cccc(-c5ccccc5)c4)C4(c5ccccc5-c5ccccc54)c4ccccc4-6)cc3c3cccc1c32. The van der Waals surface area contributed by atoms with Crippen LogP contribution in [0.5, 0.6) is 0 Å². The molecule has 3 nitrogen and oxygen atoms in total. The van der Waals surface area contributed by atoms with Gasteiger partial charge in [-0.15, -0.1) is 0 Å². The van der Waals surface area contributed by atoms with Crippen LogP contribution >= 0.6 is 0 Å². The maximum Gasteiger partial charge on any atom is 0.0726 e. The minimum absolute atomic E-state index is 0.122. The van der Waals surface area contributed by atoms with Crippen LogP contribution in [-0.2, 0) is 10.8 Å². The highest BCUT2D eigenvalue weighted by atomic mass is 15.0. The first-order valence-corrected chi connectivity index (χ1v) is 27.7. The predicted molar refractivity (Wildman–Crippen MR) is 329 cm³/mol. The van der Waals surface area contributed by atoms with Crippen molar-refractivity contribution in [3.8, 4) is 61.6 Å². The molecule has 0 bridgehead atoms. The summed E-state index contributed by atoms with van der Waals surface area (Å²) in [6.07, 6.45) is 0. The van der Waals surface area contributed by atoms with Gasteiger partial charge in [-0.1, -0.05) is 196 Å². The molecule has 0 saturated carbocycles. The monoisotopic (exact) mass is 1000 g/mol. The highest BCUT2D eigenvalue weighted by Gasteiger charge is 2.52. The van der Waals surface area contributed by atoms with E-state index in [9.17, 15) is 0 Å². The third kappa shape index (κ3) is 5.51. The van der Waals surface area contributed by atoms with Crippen molar-refractivity contribution < 1.29 is 0 Å². The summed E-state index contributed by atoms with van der Waals surface area (Å²) in [5.74, 6) is 0. The van der Waals surface area contributed by atoms with E-state index in [1.165, 1.54) is 149 Å². The lowest BCUT2D eigenvalue weighted by Gasteiger charge is -2.34. The smallest absolute Gasteiger partial charge is 0.0726 e. The lowest BCUT2D eigenvalue weighted by atomic mass is 9.70. The summed E-state index contributed by atoms with van der Waals surface area (Å²) in [7, 11) is 0. The Bertz CT molecular complexity index is 5130. The minimum Gasteiger partial charge on any atom is -0.309 e. The van der Waals surface area contributed by atoms with Crippen LogP contribution in [-0.4, -0.2) is 13.7 Å². The van der Waals surface area contributed by atoms with Crippen molar-refractivity contribution in [3.63, 3.8) is 0 Å². The molecule has 0 N–H and O–H groups in total. The van der Waals surface area contributed by atoms with E-state index >= 15 is 0 Å². The highest BCUT2D eigenvalue weighted by molar-refractivity contribution is 6.16. The summed E-state index contributed by atoms with van der Waals surface area (Å²) in [4.78, 5) is 0. The van der Waals surface area contributed by atoms with Crippen molar-refractivity contribution in [2.75, 3.05) is 0 Å². The number of hydrogen-bond acceptors (Lipinski definition) is 0. The van der Waals surface area contributed by atoms with Crippen molar-refractivity contribution in [3.05, 3.63) is 294 Å². The van der Waals surface area contributed by atoms with Gasteiger partial charge in [0.1, 0.15) is 0 Å². The van der Waals surface area contributed by atoms with E-state index in [0.29, 0.717) is 0 Å². The Labute approximate surface area is 457 Å². The van der Waals surface area contributed by atoms with Gasteiger partial charge >= 0.3 is 0 Å². The molecule has 0 atom stereocenters. The van der Waals surface area contributed by atoms with Crippen LogP contribution in [0.3, 0.4) is 0 Å². The second-order valence-electron chi connectivity index (χ2n) is 22.8. The van der Waals surface area contributed by atoms with Crippen LogP contribution < -0.4 is 0 Å². The normalized spacial score (nSPS) is 14.2. The molecule has 0 saturated heterocycles. The second-order valence-corrected chi connectivity index (χ2v) is 22.8. The summed E-state index contributed by atoms with van der Waals surface area (Å²) in [5, 5.41) is 7.51. The lowest BCUT2D eigenvalue weighted by Crippen LogP contribution is -2.26. The molecule has 2 aliphatic carbocycles. The first kappa shape index (κ1) is 43.2. The van der Waals surface area contributed by atoms with Gasteiger partial charge in [-0.3, -0.25) is 0 Å². The van der Waals surface area contributed by atoms with Gasteiger partial charge in [-0.05, 0) is 157 Å². The van der Waals surface area contributed by atoms with Gasteiger partial charge in [-0.25, -0.2) is 0 Å². The average Bonchev–Trinajstić information content (AvgIpc) is 2.90. The fraction of sp³-hybridized carbons (Fsp3) is 0.0526. The summed E-state index contributed by atoms with van der Waals surface area (Å²) in [6, 6.07) is 98.6. The zero-order valence-electron chi connectivity index (χ0n) is 43.7. The number of fused-ring (bicyclic) bond motifs is 21. The van der Waals surface area contributed by atoms with Gasteiger partial charge in [0, 0.05) is 49.1 Å². The second kappa shape index (κ2) is 15.4. The number of para-hydroxylation sites is 3. The third-order valence-electron chi connectivity index (χ3n) is 18.6. The van der Waals surface area contributed by atoms with E-state index < -0.39 is 5.41 Å². The van der Waals surface area contributed by atoms with Crippen molar-refractivity contribution in [2.45, 2.75) is 24.7 Å². The molecule has 3 aromatic heterocycles. The van der Waals surface area contributed by atoms with Gasteiger partial charge in [0.15, 0.2) is 0 Å². The Balaban J connectivity index is 0.899. The molecule has 3 aliphatic rings. The average molecular weight is 1000 g/mol. The Morgan fingerprint density at radius 2 is 0.734 bits per heavy atom. The number of rotatable bonds is 4. The molecule has 18 rings (SSSR count). The summed E-state index contributed by atoms with van der Waals surface area (Å²) in [5.41, 5.74) is 28.4. The number of aromatic nitrogens is 3. The zero-order chi connectivity index (χ0) is 51.9. The van der Waals surface area contributed by atoms with Gasteiger partial charge in [0.05, 0.1) is 44.2 Å². The van der Waals surface area contributed by atoms with Gasteiger partial charge in [0.2, 0.25) is 0 Å². The Hall–Kier alpha value is -9.96. The van der Waals surface area contributed by atoms with Gasteiger partial charge in [-0.2, -0.15) is 0 Å². The van der Waals surface area contributed by atoms with E-state index in [4.69, 9.17) is 0 Å². The van der Waals surface area contributed by atoms with E-state index in [0.717, 1.165) is 11.4 Å². The van der Waals surface area contributed by atoms with Crippen molar-refractivity contribution in [2.24, 2.45) is 0 Å². The van der Waals surface area contributed by atoms with Crippen molar-refractivity contribution in [1.82, 2.24) is 13.7 Å². The standard InChI is InChI=1S/C76H49N3/c1-75(2)65-30-13-15-33-72(65)79-71-38-35-48(41-58(71)56-26-17-31-66(75)74(56)79)49-34-37-69-59(42-49)61-44-57-54-24-8-12-29-64(54)76(62-27-10-6-22-52(62)53-23-7-11-28-63(53)76)67(57)45-73(61)78(69)51-36-39-70-60(43-51)55-25-9-14-32-68(55)77(70)50-21-16-20-47(40-50)46-18-4-3-5-19-46/h3-45H,1-2H3. The Kier molecular flexibility index (Phi) is 8.40. The van der Waals surface area contributed by atoms with Gasteiger partial charge in [0.25, 0.3) is 0 Å². The predicted octanol–water partition coefficient (Wildman–Crippen LogP) is 19.3. The Morgan fingerprint density at radius 1 is 0.253 bits per heavy atom. The minimum atomic E-state index is -0.475. The Morgan fingerprint density at radius 3 is 1.47 bits per heavy atom. The molecule has 15 aromatic rings. The summed E-state index contributed by atoms with van der Waals surface area (Å²) >= 11 is 0. The molecule has 0 radical (unpaired) electrons. The van der Waals surface area contributed by atoms with E-state index in [-0.39, 0.29) is 5.41 Å². The third-order valence-corrected chi connectivity index (χ3v) is 18.6. The molecule has 0 amide bonds. The molecule has 4 heterocycles. The maximum absolute atomic E-state index is 2.57. The fourth-order valence-electron chi connectivity index (χ4n) is 15.2. The number of benzene rings is 12. The largest absolute Gasteiger partial charge is 0.309 e. The van der Waals surface area contributed by atoms with Crippen LogP contribution in [0, 0.1) is 0 Å². The van der Waals surface area contributed by atoms with E-state index in [1.54, 1.807) is 0 Å². The molecule has 12 aromatic carbocycles. The van der Waals surface area contributed by atoms with Crippen LogP contribution in [0.4, 0.5) is 0 Å². The maximum atomic E-state index is 2.57. The molecule has 0 unspecified atom stereocenters. The molecular weight excluding hydrogens is 955 g/mol. The van der Waals surface area contributed by atoms with Crippen LogP contribution in [0.25, 0.3) is 127 Å². The topological polar surface area (TPSA) is 14.8 Å². The highest BCUT2D eigenvalue weighted by Crippen LogP contribution is 2.63. The molecule has 3 heteroatoms. The number of nitrogens with zero attached hydrogens (tertiary/aromatic N) is 3. The van der Waals surface area contributed by atoms with E-state index in [1.807, 2.05) is 0 Å². The zero-order valence-corrected chi connectivity index (χ0v) is 43.7. The van der Waals surface area contributed by atoms with Gasteiger partial charge < -0.3 is 13.7 Å². The molecule has 1 spiro atoms. The van der Waals surface area contributed by atoms with E-state index in [2.05, 4.69) is 288 Å². The molecule has 368 valence electrons. The molecular formula is C76H49N3.